The highest BCUT2D eigenvalue weighted by atomic mass is 16.4. The van der Waals surface area contributed by atoms with Gasteiger partial charge >= 0.3 is 5.97 Å². The summed E-state index contributed by atoms with van der Waals surface area (Å²) in [6.07, 6.45) is 7.11. The molecule has 1 saturated carbocycles. The fourth-order valence-corrected chi connectivity index (χ4v) is 3.45. The zero-order valence-electron chi connectivity index (χ0n) is 11.3. The Labute approximate surface area is 117 Å². The van der Waals surface area contributed by atoms with Gasteiger partial charge in [0.1, 0.15) is 5.69 Å². The van der Waals surface area contributed by atoms with Gasteiger partial charge in [-0.25, -0.2) is 4.79 Å². The number of hydrogen-bond donors (Lipinski definition) is 1. The average molecular weight is 274 g/mol. The Kier molecular flexibility index (Phi) is 3.42. The molecule has 1 amide bonds. The maximum Gasteiger partial charge on any atom is 0.337 e. The molecule has 2 unspecified atom stereocenters. The molecule has 1 N–H and O–H groups in total. The highest BCUT2D eigenvalue weighted by Crippen LogP contribution is 2.36. The zero-order chi connectivity index (χ0) is 14.1. The number of amides is 1. The smallest absolute Gasteiger partial charge is 0.337 e. The van der Waals surface area contributed by atoms with E-state index < -0.39 is 5.97 Å². The minimum Gasteiger partial charge on any atom is -0.478 e. The van der Waals surface area contributed by atoms with Crippen LogP contribution in [0.2, 0.25) is 0 Å². The lowest BCUT2D eigenvalue weighted by molar-refractivity contribution is 0.0674. The number of carbonyl (C=O) groups excluding carboxylic acids is 1. The van der Waals surface area contributed by atoms with Crippen LogP contribution in [0.5, 0.6) is 0 Å². The van der Waals surface area contributed by atoms with Gasteiger partial charge in [0.2, 0.25) is 0 Å². The molecule has 1 aromatic rings. The molecular weight excluding hydrogens is 256 g/mol. The number of pyridine rings is 1. The molecule has 5 nitrogen and oxygen atoms in total. The van der Waals surface area contributed by atoms with E-state index in [-0.39, 0.29) is 11.5 Å². The summed E-state index contributed by atoms with van der Waals surface area (Å²) >= 11 is 0. The number of carbonyl (C=O) groups is 2. The van der Waals surface area contributed by atoms with Crippen molar-refractivity contribution in [3.63, 3.8) is 0 Å². The molecule has 3 rings (SSSR count). The lowest BCUT2D eigenvalue weighted by Crippen LogP contribution is -2.39. The molecule has 0 radical (unpaired) electrons. The third-order valence-electron chi connectivity index (χ3n) is 4.50. The molecule has 2 aliphatic rings. The predicted octanol–water partition coefficient (Wildman–Crippen LogP) is 2.18. The van der Waals surface area contributed by atoms with Gasteiger partial charge in [-0.1, -0.05) is 12.8 Å². The highest BCUT2D eigenvalue weighted by Gasteiger charge is 2.38. The first-order chi connectivity index (χ1) is 9.66. The number of hydrogen-bond acceptors (Lipinski definition) is 3. The van der Waals surface area contributed by atoms with Gasteiger partial charge in [0.15, 0.2) is 0 Å². The number of nitrogens with zero attached hydrogens (tertiary/aromatic N) is 2. The van der Waals surface area contributed by atoms with Crippen LogP contribution >= 0.6 is 0 Å². The second-order valence-electron chi connectivity index (χ2n) is 5.64. The molecule has 1 aliphatic heterocycles. The summed E-state index contributed by atoms with van der Waals surface area (Å²) in [6.45, 7) is 0.802. The fourth-order valence-electron chi connectivity index (χ4n) is 3.45. The molecule has 5 heteroatoms. The zero-order valence-corrected chi connectivity index (χ0v) is 11.3. The van der Waals surface area contributed by atoms with Crippen LogP contribution in [0.1, 0.15) is 53.0 Å². The SMILES string of the molecule is O=C(O)c1ccc(C(=O)N2CCC3CCCCC32)nc1. The van der Waals surface area contributed by atoms with Gasteiger partial charge in [-0.3, -0.25) is 9.78 Å². The summed E-state index contributed by atoms with van der Waals surface area (Å²) in [4.78, 5) is 29.2. The van der Waals surface area contributed by atoms with Crippen LogP contribution in [0.25, 0.3) is 0 Å². The van der Waals surface area contributed by atoms with Gasteiger partial charge in [-0.15, -0.1) is 0 Å². The molecule has 1 aromatic heterocycles. The number of fused-ring (bicyclic) bond motifs is 1. The monoisotopic (exact) mass is 274 g/mol. The molecule has 2 atom stereocenters. The van der Waals surface area contributed by atoms with Gasteiger partial charge < -0.3 is 10.0 Å². The van der Waals surface area contributed by atoms with Crippen LogP contribution in [-0.4, -0.2) is 39.5 Å². The maximum absolute atomic E-state index is 12.5. The molecule has 106 valence electrons. The lowest BCUT2D eigenvalue weighted by Gasteiger charge is -2.31. The lowest BCUT2D eigenvalue weighted by atomic mass is 9.85. The minimum atomic E-state index is -1.02. The maximum atomic E-state index is 12.5. The van der Waals surface area contributed by atoms with Gasteiger partial charge in [0.25, 0.3) is 5.91 Å². The van der Waals surface area contributed by atoms with Crippen molar-refractivity contribution in [2.45, 2.75) is 38.1 Å². The first kappa shape index (κ1) is 13.1. The molecule has 2 fully saturated rings. The van der Waals surface area contributed by atoms with Crippen molar-refractivity contribution in [2.24, 2.45) is 5.92 Å². The molecule has 0 bridgehead atoms. The van der Waals surface area contributed by atoms with Gasteiger partial charge in [0.05, 0.1) is 5.56 Å². The number of carboxylic acids is 1. The number of rotatable bonds is 2. The van der Waals surface area contributed by atoms with E-state index in [4.69, 9.17) is 5.11 Å². The first-order valence-corrected chi connectivity index (χ1v) is 7.17. The molecule has 0 spiro atoms. The number of likely N-dealkylation sites (tertiary alicyclic amines) is 1. The van der Waals surface area contributed by atoms with Gasteiger partial charge in [0, 0.05) is 18.8 Å². The van der Waals surface area contributed by atoms with E-state index >= 15 is 0 Å². The Hall–Kier alpha value is -1.91. The van der Waals surface area contributed by atoms with Crippen molar-refractivity contribution in [1.82, 2.24) is 9.88 Å². The molecular formula is C15H18N2O3. The van der Waals surface area contributed by atoms with Crippen LogP contribution < -0.4 is 0 Å². The third-order valence-corrected chi connectivity index (χ3v) is 4.50. The number of aromatic nitrogens is 1. The summed E-state index contributed by atoms with van der Waals surface area (Å²) < 4.78 is 0. The van der Waals surface area contributed by atoms with E-state index in [1.807, 2.05) is 4.90 Å². The number of aromatic carboxylic acids is 1. The second kappa shape index (κ2) is 5.23. The highest BCUT2D eigenvalue weighted by molar-refractivity contribution is 5.94. The van der Waals surface area contributed by atoms with Crippen LogP contribution in [-0.2, 0) is 0 Å². The fraction of sp³-hybridized carbons (Fsp3) is 0.533. The Morgan fingerprint density at radius 2 is 2.00 bits per heavy atom. The van der Waals surface area contributed by atoms with Crippen molar-refractivity contribution < 1.29 is 14.7 Å². The van der Waals surface area contributed by atoms with Gasteiger partial charge in [-0.2, -0.15) is 0 Å². The molecule has 1 saturated heterocycles. The largest absolute Gasteiger partial charge is 0.478 e. The normalized spacial score (nSPS) is 25.3. The van der Waals surface area contributed by atoms with E-state index in [2.05, 4.69) is 4.98 Å². The van der Waals surface area contributed by atoms with Crippen molar-refractivity contribution in [1.29, 1.82) is 0 Å². The van der Waals surface area contributed by atoms with Crippen LogP contribution in [0.4, 0.5) is 0 Å². The second-order valence-corrected chi connectivity index (χ2v) is 5.64. The van der Waals surface area contributed by atoms with Crippen molar-refractivity contribution in [3.8, 4) is 0 Å². The van der Waals surface area contributed by atoms with Gasteiger partial charge in [-0.05, 0) is 37.3 Å². The van der Waals surface area contributed by atoms with E-state index in [0.29, 0.717) is 17.7 Å². The first-order valence-electron chi connectivity index (χ1n) is 7.17. The Morgan fingerprint density at radius 1 is 1.20 bits per heavy atom. The summed E-state index contributed by atoms with van der Waals surface area (Å²) in [5, 5.41) is 8.84. The summed E-state index contributed by atoms with van der Waals surface area (Å²) in [7, 11) is 0. The standard InChI is InChI=1S/C15H18N2O3/c18-14(12-6-5-11(9-16-12)15(19)20)17-8-7-10-3-1-2-4-13(10)17/h5-6,9-10,13H,1-4,7-8H2,(H,19,20). The quantitative estimate of drug-likeness (QED) is 0.897. The van der Waals surface area contributed by atoms with Crippen molar-refractivity contribution in [2.75, 3.05) is 6.54 Å². The summed E-state index contributed by atoms with van der Waals surface area (Å²) in [5.41, 5.74) is 0.458. The van der Waals surface area contributed by atoms with Crippen molar-refractivity contribution in [3.05, 3.63) is 29.6 Å². The molecule has 20 heavy (non-hydrogen) atoms. The molecule has 2 heterocycles. The molecule has 1 aliphatic carbocycles. The van der Waals surface area contributed by atoms with Crippen molar-refractivity contribution >= 4 is 11.9 Å². The van der Waals surface area contributed by atoms with E-state index in [1.165, 1.54) is 37.6 Å². The number of carboxylic acid groups (broad SMARTS) is 1. The predicted molar refractivity (Wildman–Crippen MR) is 72.6 cm³/mol. The summed E-state index contributed by atoms with van der Waals surface area (Å²) in [5.74, 6) is -0.438. The molecule has 0 aromatic carbocycles. The Balaban J connectivity index is 1.76. The summed E-state index contributed by atoms with van der Waals surface area (Å²) in [6, 6.07) is 3.32. The Bertz CT molecular complexity index is 526. The third kappa shape index (κ3) is 2.28. The van der Waals surface area contributed by atoms with Crippen LogP contribution in [0.3, 0.4) is 0 Å². The van der Waals surface area contributed by atoms with E-state index in [9.17, 15) is 9.59 Å². The van der Waals surface area contributed by atoms with E-state index in [1.54, 1.807) is 0 Å². The van der Waals surface area contributed by atoms with Crippen LogP contribution in [0.15, 0.2) is 18.3 Å². The minimum absolute atomic E-state index is 0.0589. The van der Waals surface area contributed by atoms with Crippen LogP contribution in [0, 0.1) is 5.92 Å². The Morgan fingerprint density at radius 3 is 2.70 bits per heavy atom. The topological polar surface area (TPSA) is 70.5 Å². The van der Waals surface area contributed by atoms with E-state index in [0.717, 1.165) is 19.4 Å². The average Bonchev–Trinajstić information content (AvgIpc) is 2.90.